The summed E-state index contributed by atoms with van der Waals surface area (Å²) in [7, 11) is 0. The van der Waals surface area contributed by atoms with Gasteiger partial charge in [0.1, 0.15) is 0 Å². The third kappa shape index (κ3) is 4.54. The van der Waals surface area contributed by atoms with E-state index < -0.39 is 11.6 Å². The van der Waals surface area contributed by atoms with Gasteiger partial charge in [-0.25, -0.2) is 0 Å². The summed E-state index contributed by atoms with van der Waals surface area (Å²) in [5, 5.41) is 3.57. The molecule has 0 heterocycles. The van der Waals surface area contributed by atoms with Gasteiger partial charge in [0.25, 0.3) is 0 Å². The summed E-state index contributed by atoms with van der Waals surface area (Å²) < 4.78 is 0. The maximum Gasteiger partial charge on any atom is 0.198 e. The van der Waals surface area contributed by atoms with Crippen molar-refractivity contribution in [1.82, 2.24) is 0 Å². The Labute approximate surface area is 185 Å². The molecule has 0 aliphatic heterocycles. The van der Waals surface area contributed by atoms with E-state index >= 15 is 0 Å². The van der Waals surface area contributed by atoms with Gasteiger partial charge in [-0.05, 0) is 21.5 Å². The highest BCUT2D eigenvalue weighted by Crippen LogP contribution is 2.22. The molecule has 0 unspecified atom stereocenters. The van der Waals surface area contributed by atoms with E-state index in [0.29, 0.717) is 11.1 Å². The second-order valence-electron chi connectivity index (χ2n) is 7.75. The van der Waals surface area contributed by atoms with Crippen molar-refractivity contribution in [2.75, 3.05) is 0 Å². The number of rotatable bonds is 9. The quantitative estimate of drug-likeness (QED) is 0.254. The van der Waals surface area contributed by atoms with E-state index in [1.165, 1.54) is 0 Å². The SMILES string of the molecule is O=C(CCC(=O)c1cccc2ccccc12)C(=O)CCC(=O)c1cccc2ccccc12. The lowest BCUT2D eigenvalue weighted by Crippen LogP contribution is -2.17. The molecule has 0 bridgehead atoms. The zero-order valence-electron chi connectivity index (χ0n) is 17.5. The molecule has 0 saturated carbocycles. The molecule has 4 nitrogen and oxygen atoms in total. The molecule has 0 N–H and O–H groups in total. The minimum absolute atomic E-state index is 0.0319. The minimum atomic E-state index is -0.607. The van der Waals surface area contributed by atoms with Crippen LogP contribution in [0.25, 0.3) is 21.5 Å². The van der Waals surface area contributed by atoms with Crippen molar-refractivity contribution in [3.05, 3.63) is 96.1 Å². The number of fused-ring (bicyclic) bond motifs is 2. The molecule has 4 aromatic rings. The van der Waals surface area contributed by atoms with Crippen LogP contribution in [0, 0.1) is 0 Å². The van der Waals surface area contributed by atoms with Crippen LogP contribution in [0.1, 0.15) is 46.4 Å². The molecular formula is C28H22O4. The van der Waals surface area contributed by atoms with E-state index in [9.17, 15) is 19.2 Å². The molecule has 0 aromatic heterocycles. The summed E-state index contributed by atoms with van der Waals surface area (Å²) in [6.45, 7) is 0. The molecule has 0 fully saturated rings. The van der Waals surface area contributed by atoms with Gasteiger partial charge in [-0.1, -0.05) is 84.9 Å². The Morgan fingerprint density at radius 2 is 0.812 bits per heavy atom. The first-order valence-corrected chi connectivity index (χ1v) is 10.6. The number of carbonyl (C=O) groups is 4. The highest BCUT2D eigenvalue weighted by Gasteiger charge is 2.19. The largest absolute Gasteiger partial charge is 0.294 e. The Morgan fingerprint density at radius 3 is 1.25 bits per heavy atom. The predicted molar refractivity (Wildman–Crippen MR) is 125 cm³/mol. The van der Waals surface area contributed by atoms with Crippen molar-refractivity contribution in [2.45, 2.75) is 25.7 Å². The van der Waals surface area contributed by atoms with Gasteiger partial charge < -0.3 is 0 Å². The first kappa shape index (κ1) is 21.3. The zero-order valence-corrected chi connectivity index (χ0v) is 17.5. The van der Waals surface area contributed by atoms with Crippen molar-refractivity contribution in [3.63, 3.8) is 0 Å². The first-order valence-electron chi connectivity index (χ1n) is 10.6. The minimum Gasteiger partial charge on any atom is -0.294 e. The van der Waals surface area contributed by atoms with Crippen molar-refractivity contribution in [1.29, 1.82) is 0 Å². The molecule has 0 aliphatic carbocycles. The predicted octanol–water partition coefficient (Wildman–Crippen LogP) is 5.76. The van der Waals surface area contributed by atoms with Crippen molar-refractivity contribution in [2.24, 2.45) is 0 Å². The summed E-state index contributed by atoms with van der Waals surface area (Å²) in [4.78, 5) is 49.9. The van der Waals surface area contributed by atoms with Gasteiger partial charge in [0.2, 0.25) is 0 Å². The third-order valence-electron chi connectivity index (χ3n) is 5.65. The van der Waals surface area contributed by atoms with E-state index in [-0.39, 0.29) is 37.2 Å². The lowest BCUT2D eigenvalue weighted by atomic mass is 9.96. The summed E-state index contributed by atoms with van der Waals surface area (Å²) >= 11 is 0. The molecule has 0 radical (unpaired) electrons. The van der Waals surface area contributed by atoms with Gasteiger partial charge in [-0.2, -0.15) is 0 Å². The van der Waals surface area contributed by atoms with Gasteiger partial charge in [-0.3, -0.25) is 19.2 Å². The number of ketones is 4. The van der Waals surface area contributed by atoms with E-state index in [1.54, 1.807) is 24.3 Å². The van der Waals surface area contributed by atoms with Gasteiger partial charge in [0.05, 0.1) is 0 Å². The average Bonchev–Trinajstić information content (AvgIpc) is 2.84. The van der Waals surface area contributed by atoms with Crippen molar-refractivity contribution >= 4 is 44.7 Å². The van der Waals surface area contributed by atoms with Crippen LogP contribution in [-0.4, -0.2) is 23.1 Å². The van der Waals surface area contributed by atoms with E-state index in [2.05, 4.69) is 0 Å². The molecule has 0 saturated heterocycles. The summed E-state index contributed by atoms with van der Waals surface area (Å²) in [5.41, 5.74) is 1.10. The van der Waals surface area contributed by atoms with Crippen LogP contribution in [-0.2, 0) is 9.59 Å². The smallest absolute Gasteiger partial charge is 0.198 e. The van der Waals surface area contributed by atoms with Gasteiger partial charge in [-0.15, -0.1) is 0 Å². The fourth-order valence-electron chi connectivity index (χ4n) is 3.94. The van der Waals surface area contributed by atoms with Gasteiger partial charge >= 0.3 is 0 Å². The van der Waals surface area contributed by atoms with E-state index in [0.717, 1.165) is 21.5 Å². The first-order chi connectivity index (χ1) is 15.5. The average molecular weight is 422 g/mol. The Bertz CT molecular complexity index is 1230. The number of Topliss-reactive ketones (excluding diaryl/α,β-unsaturated/α-hetero) is 4. The molecular weight excluding hydrogens is 400 g/mol. The molecule has 158 valence electrons. The van der Waals surface area contributed by atoms with Crippen molar-refractivity contribution in [3.8, 4) is 0 Å². The fourth-order valence-corrected chi connectivity index (χ4v) is 3.94. The Balaban J connectivity index is 1.34. The number of benzene rings is 4. The molecule has 0 amide bonds. The summed E-state index contributed by atoms with van der Waals surface area (Å²) in [6, 6.07) is 26.0. The highest BCUT2D eigenvalue weighted by atomic mass is 16.2. The van der Waals surface area contributed by atoms with E-state index in [1.807, 2.05) is 60.7 Å². The highest BCUT2D eigenvalue weighted by molar-refractivity contribution is 6.38. The Hall–Kier alpha value is -3.92. The molecule has 0 atom stereocenters. The van der Waals surface area contributed by atoms with Crippen LogP contribution in [0.2, 0.25) is 0 Å². The standard InChI is InChI=1S/C28H22O4/c29-25(23-13-5-9-19-7-1-3-11-21(19)23)15-17-27(31)28(32)18-16-26(30)24-14-6-10-20-8-2-4-12-22(20)24/h1-14H,15-18H2. The molecule has 4 aromatic carbocycles. The van der Waals surface area contributed by atoms with Crippen LogP contribution < -0.4 is 0 Å². The van der Waals surface area contributed by atoms with Gasteiger partial charge in [0, 0.05) is 36.8 Å². The maximum atomic E-state index is 12.6. The maximum absolute atomic E-state index is 12.6. The van der Waals surface area contributed by atoms with Crippen LogP contribution >= 0.6 is 0 Å². The molecule has 0 aliphatic rings. The van der Waals surface area contributed by atoms with E-state index in [4.69, 9.17) is 0 Å². The van der Waals surface area contributed by atoms with Crippen LogP contribution in [0.15, 0.2) is 84.9 Å². The Kier molecular flexibility index (Phi) is 6.31. The van der Waals surface area contributed by atoms with Crippen LogP contribution in [0.4, 0.5) is 0 Å². The monoisotopic (exact) mass is 422 g/mol. The number of hydrogen-bond donors (Lipinski definition) is 0. The topological polar surface area (TPSA) is 68.3 Å². The lowest BCUT2D eigenvalue weighted by molar-refractivity contribution is -0.136. The molecule has 4 heteroatoms. The van der Waals surface area contributed by atoms with Crippen molar-refractivity contribution < 1.29 is 19.2 Å². The number of hydrogen-bond acceptors (Lipinski definition) is 4. The normalized spacial score (nSPS) is 10.9. The molecule has 32 heavy (non-hydrogen) atoms. The molecule has 0 spiro atoms. The second-order valence-corrected chi connectivity index (χ2v) is 7.75. The third-order valence-corrected chi connectivity index (χ3v) is 5.65. The summed E-state index contributed by atoms with van der Waals surface area (Å²) in [5.74, 6) is -1.56. The second kappa shape index (κ2) is 9.48. The molecule has 4 rings (SSSR count). The van der Waals surface area contributed by atoms with Crippen LogP contribution in [0.5, 0.6) is 0 Å². The van der Waals surface area contributed by atoms with Crippen LogP contribution in [0.3, 0.4) is 0 Å². The number of carbonyl (C=O) groups excluding carboxylic acids is 4. The fraction of sp³-hybridized carbons (Fsp3) is 0.143. The summed E-state index contributed by atoms with van der Waals surface area (Å²) in [6.07, 6.45) is -0.363. The van der Waals surface area contributed by atoms with Gasteiger partial charge in [0.15, 0.2) is 23.1 Å². The Morgan fingerprint density at radius 1 is 0.438 bits per heavy atom. The zero-order chi connectivity index (χ0) is 22.5. The lowest BCUT2D eigenvalue weighted by Gasteiger charge is -2.06.